The van der Waals surface area contributed by atoms with E-state index in [1.807, 2.05) is 24.8 Å². The molecule has 0 saturated heterocycles. The molecule has 0 aliphatic rings. The fraction of sp³-hybridized carbons (Fsp3) is 0.467. The molecule has 0 aliphatic heterocycles. The standard InChI is InChI=1S/C15H20N2O2/c1-12(2)17(9-5-8-16)11-15(18)13-6-4-7-14(10-13)19-3/h4,6-7,10,12H,5,9,11H2,1-3H3. The van der Waals surface area contributed by atoms with Gasteiger partial charge in [0.2, 0.25) is 0 Å². The lowest BCUT2D eigenvalue weighted by Gasteiger charge is -2.24. The molecule has 0 radical (unpaired) electrons. The first-order valence-electron chi connectivity index (χ1n) is 6.36. The number of carbonyl (C=O) groups excluding carboxylic acids is 1. The lowest BCUT2D eigenvalue weighted by atomic mass is 10.1. The summed E-state index contributed by atoms with van der Waals surface area (Å²) in [5.41, 5.74) is 0.641. The summed E-state index contributed by atoms with van der Waals surface area (Å²) < 4.78 is 5.11. The average molecular weight is 260 g/mol. The molecule has 0 N–H and O–H groups in total. The summed E-state index contributed by atoms with van der Waals surface area (Å²) in [7, 11) is 1.58. The fourth-order valence-electron chi connectivity index (χ4n) is 1.79. The van der Waals surface area contributed by atoms with E-state index in [4.69, 9.17) is 10.00 Å². The van der Waals surface area contributed by atoms with Crippen molar-refractivity contribution in [3.63, 3.8) is 0 Å². The smallest absolute Gasteiger partial charge is 0.176 e. The van der Waals surface area contributed by atoms with Gasteiger partial charge in [-0.25, -0.2) is 0 Å². The van der Waals surface area contributed by atoms with Crippen molar-refractivity contribution in [3.05, 3.63) is 29.8 Å². The van der Waals surface area contributed by atoms with E-state index in [1.54, 1.807) is 25.3 Å². The van der Waals surface area contributed by atoms with Crippen molar-refractivity contribution in [2.45, 2.75) is 26.3 Å². The summed E-state index contributed by atoms with van der Waals surface area (Å²) in [4.78, 5) is 14.2. The number of carbonyl (C=O) groups is 1. The third-order valence-electron chi connectivity index (χ3n) is 2.98. The van der Waals surface area contributed by atoms with Crippen molar-refractivity contribution in [1.82, 2.24) is 4.90 Å². The highest BCUT2D eigenvalue weighted by Gasteiger charge is 2.15. The number of hydrogen-bond acceptors (Lipinski definition) is 4. The van der Waals surface area contributed by atoms with Gasteiger partial charge in [-0.3, -0.25) is 9.69 Å². The van der Waals surface area contributed by atoms with E-state index in [1.165, 1.54) is 0 Å². The van der Waals surface area contributed by atoms with Crippen LogP contribution in [0.5, 0.6) is 5.75 Å². The Morgan fingerprint density at radius 1 is 1.47 bits per heavy atom. The van der Waals surface area contributed by atoms with Gasteiger partial charge in [-0.05, 0) is 26.0 Å². The van der Waals surface area contributed by atoms with Crippen LogP contribution in [0, 0.1) is 11.3 Å². The maximum atomic E-state index is 12.2. The molecule has 1 rings (SSSR count). The number of nitriles is 1. The Morgan fingerprint density at radius 3 is 2.79 bits per heavy atom. The molecule has 1 aromatic carbocycles. The van der Waals surface area contributed by atoms with Gasteiger partial charge in [0.15, 0.2) is 5.78 Å². The van der Waals surface area contributed by atoms with Crippen molar-refractivity contribution >= 4 is 5.78 Å². The van der Waals surface area contributed by atoms with Crippen LogP contribution in [0.2, 0.25) is 0 Å². The second kappa shape index (κ2) is 7.55. The first-order valence-corrected chi connectivity index (χ1v) is 6.36. The number of hydrogen-bond donors (Lipinski definition) is 0. The van der Waals surface area contributed by atoms with Crippen LogP contribution in [0.25, 0.3) is 0 Å². The predicted molar refractivity (Wildman–Crippen MR) is 74.3 cm³/mol. The minimum absolute atomic E-state index is 0.0468. The van der Waals surface area contributed by atoms with Gasteiger partial charge >= 0.3 is 0 Å². The number of Topliss-reactive ketones (excluding diaryl/α,β-unsaturated/α-hetero) is 1. The molecule has 0 bridgehead atoms. The van der Waals surface area contributed by atoms with E-state index < -0.39 is 0 Å². The monoisotopic (exact) mass is 260 g/mol. The van der Waals surface area contributed by atoms with E-state index in [9.17, 15) is 4.79 Å². The molecule has 0 amide bonds. The highest BCUT2D eigenvalue weighted by molar-refractivity contribution is 5.97. The molecule has 0 fully saturated rings. The molecule has 0 spiro atoms. The Morgan fingerprint density at radius 2 is 2.21 bits per heavy atom. The second-order valence-electron chi connectivity index (χ2n) is 4.63. The number of methoxy groups -OCH3 is 1. The van der Waals surface area contributed by atoms with Gasteiger partial charge < -0.3 is 4.74 Å². The van der Waals surface area contributed by atoms with Gasteiger partial charge in [0.1, 0.15) is 5.75 Å². The van der Waals surface area contributed by atoms with Gasteiger partial charge in [-0.15, -0.1) is 0 Å². The van der Waals surface area contributed by atoms with E-state index in [0.717, 1.165) is 0 Å². The molecule has 102 valence electrons. The van der Waals surface area contributed by atoms with Gasteiger partial charge in [0.25, 0.3) is 0 Å². The highest BCUT2D eigenvalue weighted by Crippen LogP contribution is 2.14. The molecule has 0 aromatic heterocycles. The highest BCUT2D eigenvalue weighted by atomic mass is 16.5. The summed E-state index contributed by atoms with van der Waals surface area (Å²) in [6, 6.07) is 9.50. The summed E-state index contributed by atoms with van der Waals surface area (Å²) in [6.07, 6.45) is 0.434. The zero-order valence-electron chi connectivity index (χ0n) is 11.7. The van der Waals surface area contributed by atoms with Crippen molar-refractivity contribution in [2.24, 2.45) is 0 Å². The van der Waals surface area contributed by atoms with Crippen LogP contribution in [0.3, 0.4) is 0 Å². The quantitative estimate of drug-likeness (QED) is 0.707. The van der Waals surface area contributed by atoms with Gasteiger partial charge in [-0.2, -0.15) is 5.26 Å². The van der Waals surface area contributed by atoms with Crippen LogP contribution in [-0.4, -0.2) is 36.9 Å². The molecule has 19 heavy (non-hydrogen) atoms. The molecule has 0 unspecified atom stereocenters. The van der Waals surface area contributed by atoms with Crippen LogP contribution in [-0.2, 0) is 0 Å². The van der Waals surface area contributed by atoms with Gasteiger partial charge in [0, 0.05) is 24.6 Å². The second-order valence-corrected chi connectivity index (χ2v) is 4.63. The molecular weight excluding hydrogens is 240 g/mol. The predicted octanol–water partition coefficient (Wildman–Crippen LogP) is 2.50. The molecule has 1 aromatic rings. The van der Waals surface area contributed by atoms with E-state index in [2.05, 4.69) is 6.07 Å². The van der Waals surface area contributed by atoms with Crippen molar-refractivity contribution in [3.8, 4) is 11.8 Å². The van der Waals surface area contributed by atoms with E-state index >= 15 is 0 Å². The average Bonchev–Trinajstić information content (AvgIpc) is 2.42. The Labute approximate surface area is 114 Å². The summed E-state index contributed by atoms with van der Waals surface area (Å²) >= 11 is 0. The zero-order chi connectivity index (χ0) is 14.3. The molecular formula is C15H20N2O2. The van der Waals surface area contributed by atoms with Crippen molar-refractivity contribution in [2.75, 3.05) is 20.2 Å². The largest absolute Gasteiger partial charge is 0.497 e. The summed E-state index contributed by atoms with van der Waals surface area (Å²) in [6.45, 7) is 4.99. The minimum Gasteiger partial charge on any atom is -0.497 e. The van der Waals surface area contributed by atoms with Crippen LogP contribution in [0.4, 0.5) is 0 Å². The van der Waals surface area contributed by atoms with Gasteiger partial charge in [0.05, 0.1) is 19.7 Å². The zero-order valence-corrected chi connectivity index (χ0v) is 11.7. The molecule has 0 saturated carbocycles. The Kier molecular flexibility index (Phi) is 6.04. The Hall–Kier alpha value is -1.86. The van der Waals surface area contributed by atoms with Crippen LogP contribution in [0.15, 0.2) is 24.3 Å². The lowest BCUT2D eigenvalue weighted by Crippen LogP contribution is -2.36. The number of nitrogens with zero attached hydrogens (tertiary/aromatic N) is 2. The normalized spacial score (nSPS) is 10.5. The Bertz CT molecular complexity index is 463. The van der Waals surface area contributed by atoms with E-state index in [0.29, 0.717) is 30.8 Å². The van der Waals surface area contributed by atoms with E-state index in [-0.39, 0.29) is 11.8 Å². The third kappa shape index (κ3) is 4.72. The minimum atomic E-state index is 0.0468. The molecule has 0 atom stereocenters. The number of rotatable bonds is 7. The summed E-state index contributed by atoms with van der Waals surface area (Å²) in [5, 5.41) is 8.64. The van der Waals surface area contributed by atoms with Crippen molar-refractivity contribution in [1.29, 1.82) is 5.26 Å². The van der Waals surface area contributed by atoms with Crippen LogP contribution >= 0.6 is 0 Å². The fourth-order valence-corrected chi connectivity index (χ4v) is 1.79. The molecule has 0 heterocycles. The number of ketones is 1. The maximum absolute atomic E-state index is 12.2. The lowest BCUT2D eigenvalue weighted by molar-refractivity contribution is 0.0907. The number of benzene rings is 1. The number of ether oxygens (including phenoxy) is 1. The van der Waals surface area contributed by atoms with Crippen LogP contribution in [0.1, 0.15) is 30.6 Å². The first-order chi connectivity index (χ1) is 9.08. The maximum Gasteiger partial charge on any atom is 0.176 e. The topological polar surface area (TPSA) is 53.3 Å². The molecule has 4 nitrogen and oxygen atoms in total. The third-order valence-corrected chi connectivity index (χ3v) is 2.98. The van der Waals surface area contributed by atoms with Gasteiger partial charge in [-0.1, -0.05) is 12.1 Å². The first kappa shape index (κ1) is 15.2. The Balaban J connectivity index is 2.73. The van der Waals surface area contributed by atoms with Crippen molar-refractivity contribution < 1.29 is 9.53 Å². The van der Waals surface area contributed by atoms with Crippen LogP contribution < -0.4 is 4.74 Å². The molecule has 0 aliphatic carbocycles. The molecule has 4 heteroatoms. The SMILES string of the molecule is COc1cccc(C(=O)CN(CCC#N)C(C)C)c1. The summed E-state index contributed by atoms with van der Waals surface area (Å²) in [5.74, 6) is 0.726.